The second-order valence-corrected chi connectivity index (χ2v) is 6.49. The fraction of sp³-hybridized carbons (Fsp3) is 0.278. The van der Waals surface area contributed by atoms with Crippen LogP contribution in [0.3, 0.4) is 0 Å². The van der Waals surface area contributed by atoms with Crippen molar-refractivity contribution in [2.75, 3.05) is 31.4 Å². The topological polar surface area (TPSA) is 80.8 Å². The zero-order valence-corrected chi connectivity index (χ0v) is 15.3. The quantitative estimate of drug-likeness (QED) is 0.832. The first kappa shape index (κ1) is 18.1. The summed E-state index contributed by atoms with van der Waals surface area (Å²) < 4.78 is 10.6. The summed E-state index contributed by atoms with van der Waals surface area (Å²) in [5.74, 6) is 1.09. The monoisotopic (exact) mass is 373 g/mol. The first-order chi connectivity index (χ1) is 12.6. The van der Waals surface area contributed by atoms with Gasteiger partial charge in [-0.2, -0.15) is 0 Å². The Labute approximate surface area is 155 Å². The first-order valence-electron chi connectivity index (χ1n) is 7.98. The molecular formula is C18H19N3O4S. The maximum Gasteiger partial charge on any atom is 0.240 e. The van der Waals surface area contributed by atoms with Crippen molar-refractivity contribution in [3.05, 3.63) is 42.1 Å². The lowest BCUT2D eigenvalue weighted by molar-refractivity contribution is -0.123. The second kappa shape index (κ2) is 8.09. The predicted octanol–water partition coefficient (Wildman–Crippen LogP) is 1.85. The van der Waals surface area contributed by atoms with E-state index in [0.29, 0.717) is 17.2 Å². The Hall–Kier alpha value is -2.74. The van der Waals surface area contributed by atoms with Gasteiger partial charge in [0, 0.05) is 18.3 Å². The summed E-state index contributed by atoms with van der Waals surface area (Å²) in [4.78, 5) is 30.3. The third-order valence-corrected chi connectivity index (χ3v) is 4.92. The molecule has 0 saturated heterocycles. The summed E-state index contributed by atoms with van der Waals surface area (Å²) in [6.07, 6.45) is 1.68. The van der Waals surface area contributed by atoms with E-state index < -0.39 is 0 Å². The molecule has 0 unspecified atom stereocenters. The van der Waals surface area contributed by atoms with Crippen LogP contribution in [0, 0.1) is 0 Å². The Kier molecular flexibility index (Phi) is 5.62. The second-order valence-electron chi connectivity index (χ2n) is 5.53. The van der Waals surface area contributed by atoms with Crippen molar-refractivity contribution in [2.45, 2.75) is 11.6 Å². The number of benzene rings is 1. The molecule has 0 atom stereocenters. The van der Waals surface area contributed by atoms with Crippen LogP contribution in [0.4, 0.5) is 5.69 Å². The van der Waals surface area contributed by atoms with Gasteiger partial charge < -0.3 is 14.8 Å². The van der Waals surface area contributed by atoms with E-state index in [1.165, 1.54) is 16.7 Å². The van der Waals surface area contributed by atoms with Crippen molar-refractivity contribution >= 4 is 29.3 Å². The van der Waals surface area contributed by atoms with Crippen molar-refractivity contribution in [3.8, 4) is 11.5 Å². The van der Waals surface area contributed by atoms with Crippen molar-refractivity contribution in [2.24, 2.45) is 0 Å². The number of amides is 2. The van der Waals surface area contributed by atoms with Crippen LogP contribution in [-0.4, -0.2) is 43.3 Å². The highest BCUT2D eigenvalue weighted by molar-refractivity contribution is 8.00. The maximum atomic E-state index is 12.4. The highest BCUT2D eigenvalue weighted by Gasteiger charge is 2.27. The zero-order chi connectivity index (χ0) is 18.5. The molecule has 7 nitrogen and oxygen atoms in total. The molecule has 0 spiro atoms. The number of methoxy groups -OCH3 is 2. The van der Waals surface area contributed by atoms with Gasteiger partial charge in [0.05, 0.1) is 25.7 Å². The van der Waals surface area contributed by atoms with Gasteiger partial charge in [-0.25, -0.2) is 4.98 Å². The number of anilines is 1. The molecule has 1 aliphatic rings. The summed E-state index contributed by atoms with van der Waals surface area (Å²) in [5, 5.41) is 3.59. The highest BCUT2D eigenvalue weighted by atomic mass is 32.2. The Morgan fingerprint density at radius 2 is 2.12 bits per heavy atom. The Bertz CT molecular complexity index is 828. The number of nitrogens with zero attached hydrogens (tertiary/aromatic N) is 2. The maximum absolute atomic E-state index is 12.4. The standard InChI is InChI=1S/C18H19N3O4S/c1-24-14-7-3-5-12(17(14)25-2)9-20-15(22)10-21-13-6-4-8-19-18(13)26-11-16(21)23/h3-8H,9-11H2,1-2H3,(H,20,22). The molecule has 1 aromatic carbocycles. The minimum Gasteiger partial charge on any atom is -0.493 e. The number of para-hydroxylation sites is 1. The van der Waals surface area contributed by atoms with Crippen LogP contribution >= 0.6 is 11.8 Å². The molecule has 0 fully saturated rings. The number of aromatic nitrogens is 1. The Balaban J connectivity index is 1.68. The van der Waals surface area contributed by atoms with Gasteiger partial charge in [0.2, 0.25) is 11.8 Å². The van der Waals surface area contributed by atoms with Gasteiger partial charge in [-0.3, -0.25) is 14.5 Å². The van der Waals surface area contributed by atoms with E-state index in [1.54, 1.807) is 38.6 Å². The average molecular weight is 373 g/mol. The van der Waals surface area contributed by atoms with Crippen LogP contribution < -0.4 is 19.7 Å². The summed E-state index contributed by atoms with van der Waals surface area (Å²) in [5.41, 5.74) is 1.46. The number of nitrogens with one attached hydrogen (secondary N) is 1. The number of carbonyl (C=O) groups excluding carboxylic acids is 2. The summed E-state index contributed by atoms with van der Waals surface area (Å²) in [6, 6.07) is 9.02. The number of ether oxygens (including phenoxy) is 2. The van der Waals surface area contributed by atoms with Gasteiger partial charge >= 0.3 is 0 Å². The number of fused-ring (bicyclic) bond motifs is 1. The van der Waals surface area contributed by atoms with Crippen LogP contribution in [-0.2, 0) is 16.1 Å². The van der Waals surface area contributed by atoms with Crippen molar-refractivity contribution < 1.29 is 19.1 Å². The molecule has 2 aromatic rings. The fourth-order valence-corrected chi connectivity index (χ4v) is 3.58. The number of hydrogen-bond donors (Lipinski definition) is 1. The molecule has 136 valence electrons. The lowest BCUT2D eigenvalue weighted by atomic mass is 10.2. The van der Waals surface area contributed by atoms with Gasteiger partial charge in [0.25, 0.3) is 0 Å². The summed E-state index contributed by atoms with van der Waals surface area (Å²) in [6.45, 7) is 0.222. The Morgan fingerprint density at radius 1 is 1.27 bits per heavy atom. The number of pyridine rings is 1. The number of rotatable bonds is 6. The summed E-state index contributed by atoms with van der Waals surface area (Å²) >= 11 is 1.38. The zero-order valence-electron chi connectivity index (χ0n) is 14.5. The van der Waals surface area contributed by atoms with E-state index in [9.17, 15) is 9.59 Å². The minimum absolute atomic E-state index is 0.0512. The molecule has 0 aliphatic carbocycles. The van der Waals surface area contributed by atoms with E-state index in [2.05, 4.69) is 10.3 Å². The van der Waals surface area contributed by atoms with Crippen LogP contribution in [0.25, 0.3) is 0 Å². The van der Waals surface area contributed by atoms with E-state index in [1.807, 2.05) is 12.1 Å². The molecule has 1 aliphatic heterocycles. The number of carbonyl (C=O) groups is 2. The smallest absolute Gasteiger partial charge is 0.240 e. The third kappa shape index (κ3) is 3.75. The number of thioether (sulfide) groups is 1. The van der Waals surface area contributed by atoms with Crippen LogP contribution in [0.15, 0.2) is 41.6 Å². The van der Waals surface area contributed by atoms with Crippen LogP contribution in [0.1, 0.15) is 5.56 Å². The Morgan fingerprint density at radius 3 is 2.88 bits per heavy atom. The molecule has 2 amide bonds. The van der Waals surface area contributed by atoms with E-state index in [4.69, 9.17) is 9.47 Å². The largest absolute Gasteiger partial charge is 0.493 e. The molecule has 3 rings (SSSR count). The molecule has 1 aromatic heterocycles. The van der Waals surface area contributed by atoms with Gasteiger partial charge in [0.1, 0.15) is 11.6 Å². The molecule has 0 radical (unpaired) electrons. The van der Waals surface area contributed by atoms with E-state index in [-0.39, 0.29) is 30.7 Å². The number of hydrogen-bond acceptors (Lipinski definition) is 6. The van der Waals surface area contributed by atoms with E-state index >= 15 is 0 Å². The van der Waals surface area contributed by atoms with Crippen molar-refractivity contribution in [3.63, 3.8) is 0 Å². The molecule has 8 heteroatoms. The highest BCUT2D eigenvalue weighted by Crippen LogP contribution is 2.33. The summed E-state index contributed by atoms with van der Waals surface area (Å²) in [7, 11) is 3.11. The third-order valence-electron chi connectivity index (χ3n) is 3.94. The van der Waals surface area contributed by atoms with Gasteiger partial charge in [0.15, 0.2) is 11.5 Å². The average Bonchev–Trinajstić information content (AvgIpc) is 2.68. The SMILES string of the molecule is COc1cccc(CNC(=O)CN2C(=O)CSc3ncccc32)c1OC. The van der Waals surface area contributed by atoms with Gasteiger partial charge in [-0.05, 0) is 18.2 Å². The predicted molar refractivity (Wildman–Crippen MR) is 98.7 cm³/mol. The van der Waals surface area contributed by atoms with Crippen molar-refractivity contribution in [1.29, 1.82) is 0 Å². The van der Waals surface area contributed by atoms with Crippen molar-refractivity contribution in [1.82, 2.24) is 10.3 Å². The molecule has 26 heavy (non-hydrogen) atoms. The minimum atomic E-state index is -0.259. The molecule has 0 bridgehead atoms. The van der Waals surface area contributed by atoms with E-state index in [0.717, 1.165) is 10.6 Å². The first-order valence-corrected chi connectivity index (χ1v) is 8.97. The van der Waals surface area contributed by atoms with Gasteiger partial charge in [-0.15, -0.1) is 0 Å². The lowest BCUT2D eigenvalue weighted by Gasteiger charge is -2.27. The molecule has 0 saturated carbocycles. The van der Waals surface area contributed by atoms with Crippen LogP contribution in [0.5, 0.6) is 11.5 Å². The lowest BCUT2D eigenvalue weighted by Crippen LogP contribution is -2.43. The fourth-order valence-electron chi connectivity index (χ4n) is 2.70. The van der Waals surface area contributed by atoms with Gasteiger partial charge in [-0.1, -0.05) is 23.9 Å². The normalized spacial score (nSPS) is 13.2. The van der Waals surface area contributed by atoms with Crippen LogP contribution in [0.2, 0.25) is 0 Å². The molecule has 1 N–H and O–H groups in total. The molecular weight excluding hydrogens is 354 g/mol. The molecule has 2 heterocycles.